The lowest BCUT2D eigenvalue weighted by Crippen LogP contribution is -2.34. The van der Waals surface area contributed by atoms with Crippen LogP contribution < -0.4 is 20.1 Å². The van der Waals surface area contributed by atoms with Gasteiger partial charge in [0.2, 0.25) is 5.91 Å². The number of ether oxygens (including phenoxy) is 2. The van der Waals surface area contributed by atoms with Crippen LogP contribution in [0.1, 0.15) is 82.4 Å². The van der Waals surface area contributed by atoms with Crippen LogP contribution >= 0.6 is 0 Å². The van der Waals surface area contributed by atoms with Crippen LogP contribution in [0.15, 0.2) is 36.4 Å². The summed E-state index contributed by atoms with van der Waals surface area (Å²) < 4.78 is 11.0. The monoisotopic (exact) mass is 511 g/mol. The molecule has 0 spiro atoms. The molecule has 1 atom stereocenters. The van der Waals surface area contributed by atoms with Crippen molar-refractivity contribution < 1.29 is 19.1 Å². The first kappa shape index (κ1) is 30.0. The van der Waals surface area contributed by atoms with Crippen molar-refractivity contribution in [2.24, 2.45) is 0 Å². The van der Waals surface area contributed by atoms with Gasteiger partial charge in [0.15, 0.2) is 0 Å². The Labute approximate surface area is 222 Å². The molecule has 3 amide bonds. The molecule has 0 aliphatic rings. The quantitative estimate of drug-likeness (QED) is 0.320. The molecule has 2 N–H and O–H groups in total. The van der Waals surface area contributed by atoms with E-state index in [4.69, 9.17) is 9.47 Å². The summed E-state index contributed by atoms with van der Waals surface area (Å²) in [5.41, 5.74) is 3.62. The van der Waals surface area contributed by atoms with E-state index in [1.807, 2.05) is 36.4 Å². The standard InChI is InChI=1S/C30H45N3O4/c1-9-10-11-12-22(24-15-14-23(36-7)19-27(24)37-8)18-28(34)32-26-17-21(20-31-29(35)33(5)6)13-16-25(26)30(2,3)4/h13-17,19,22H,9-12,18,20H2,1-8H3,(H,31,35)(H,32,34). The molecule has 7 heteroatoms. The second-order valence-corrected chi connectivity index (χ2v) is 10.7. The number of nitrogens with zero attached hydrogens (tertiary/aromatic N) is 1. The minimum Gasteiger partial charge on any atom is -0.497 e. The van der Waals surface area contributed by atoms with Crippen LogP contribution in [0.3, 0.4) is 0 Å². The van der Waals surface area contributed by atoms with Gasteiger partial charge in [-0.15, -0.1) is 0 Å². The number of anilines is 1. The number of carbonyl (C=O) groups is 2. The number of hydrogen-bond acceptors (Lipinski definition) is 4. The third-order valence-electron chi connectivity index (χ3n) is 6.48. The fraction of sp³-hybridized carbons (Fsp3) is 0.533. The summed E-state index contributed by atoms with van der Waals surface area (Å²) in [6.45, 7) is 8.94. The molecule has 204 valence electrons. The molecule has 0 heterocycles. The molecule has 1 unspecified atom stereocenters. The Bertz CT molecular complexity index is 1040. The maximum Gasteiger partial charge on any atom is 0.317 e. The molecule has 0 bridgehead atoms. The average Bonchev–Trinajstić information content (AvgIpc) is 2.85. The Morgan fingerprint density at radius 2 is 1.73 bits per heavy atom. The van der Waals surface area contributed by atoms with Gasteiger partial charge in [0, 0.05) is 38.8 Å². The van der Waals surface area contributed by atoms with Crippen molar-refractivity contribution in [3.05, 3.63) is 53.1 Å². The van der Waals surface area contributed by atoms with Crippen LogP contribution in [-0.4, -0.2) is 45.2 Å². The molecule has 0 aliphatic carbocycles. The molecule has 37 heavy (non-hydrogen) atoms. The van der Waals surface area contributed by atoms with E-state index in [0.717, 1.165) is 59.6 Å². The number of rotatable bonds is 12. The number of unbranched alkanes of at least 4 members (excludes halogenated alkanes) is 2. The number of benzene rings is 2. The number of amides is 3. The van der Waals surface area contributed by atoms with Crippen molar-refractivity contribution >= 4 is 17.6 Å². The maximum atomic E-state index is 13.4. The highest BCUT2D eigenvalue weighted by Gasteiger charge is 2.23. The Morgan fingerprint density at radius 3 is 2.32 bits per heavy atom. The second kappa shape index (κ2) is 13.9. The first-order chi connectivity index (χ1) is 17.5. The Morgan fingerprint density at radius 1 is 1.00 bits per heavy atom. The molecule has 0 aliphatic heterocycles. The molecule has 7 nitrogen and oxygen atoms in total. The predicted molar refractivity (Wildman–Crippen MR) is 151 cm³/mol. The third kappa shape index (κ3) is 8.99. The number of methoxy groups -OCH3 is 2. The van der Waals surface area contributed by atoms with Crippen LogP contribution in [0, 0.1) is 0 Å². The summed E-state index contributed by atoms with van der Waals surface area (Å²) in [6, 6.07) is 11.7. The zero-order chi connectivity index (χ0) is 27.6. The second-order valence-electron chi connectivity index (χ2n) is 10.7. The summed E-state index contributed by atoms with van der Waals surface area (Å²) >= 11 is 0. The van der Waals surface area contributed by atoms with Gasteiger partial charge < -0.3 is 25.0 Å². The van der Waals surface area contributed by atoms with Crippen molar-refractivity contribution in [2.75, 3.05) is 33.6 Å². The molecule has 2 aromatic rings. The first-order valence-electron chi connectivity index (χ1n) is 13.1. The van der Waals surface area contributed by atoms with Gasteiger partial charge >= 0.3 is 6.03 Å². The molecule has 2 aromatic carbocycles. The zero-order valence-electron chi connectivity index (χ0n) is 23.9. The highest BCUT2D eigenvalue weighted by molar-refractivity contribution is 5.92. The van der Waals surface area contributed by atoms with E-state index in [1.54, 1.807) is 28.3 Å². The lowest BCUT2D eigenvalue weighted by Gasteiger charge is -2.25. The van der Waals surface area contributed by atoms with E-state index in [-0.39, 0.29) is 23.3 Å². The zero-order valence-corrected chi connectivity index (χ0v) is 23.9. The van der Waals surface area contributed by atoms with Crippen LogP contribution in [-0.2, 0) is 16.8 Å². The van der Waals surface area contributed by atoms with Crippen molar-refractivity contribution in [3.63, 3.8) is 0 Å². The third-order valence-corrected chi connectivity index (χ3v) is 6.48. The normalized spacial score (nSPS) is 12.0. The predicted octanol–water partition coefficient (Wildman–Crippen LogP) is 6.47. The summed E-state index contributed by atoms with van der Waals surface area (Å²) in [5.74, 6) is 1.44. The maximum absolute atomic E-state index is 13.4. The molecule has 0 fully saturated rings. The number of urea groups is 1. The van der Waals surface area contributed by atoms with Crippen LogP contribution in [0.25, 0.3) is 0 Å². The van der Waals surface area contributed by atoms with Crippen LogP contribution in [0.4, 0.5) is 10.5 Å². The topological polar surface area (TPSA) is 79.9 Å². The molecule has 2 rings (SSSR count). The van der Waals surface area contributed by atoms with E-state index in [0.29, 0.717) is 13.0 Å². The average molecular weight is 512 g/mol. The SMILES string of the molecule is CCCCCC(CC(=O)Nc1cc(CNC(=O)N(C)C)ccc1C(C)(C)C)c1ccc(OC)cc1OC. The molecule has 0 saturated heterocycles. The number of hydrogen-bond donors (Lipinski definition) is 2. The lowest BCUT2D eigenvalue weighted by atomic mass is 9.85. The van der Waals surface area contributed by atoms with E-state index in [1.165, 1.54) is 4.90 Å². The smallest absolute Gasteiger partial charge is 0.317 e. The van der Waals surface area contributed by atoms with E-state index >= 15 is 0 Å². The van der Waals surface area contributed by atoms with Gasteiger partial charge in [-0.1, -0.05) is 65.2 Å². The minimum atomic E-state index is -0.159. The van der Waals surface area contributed by atoms with Crippen molar-refractivity contribution in [2.45, 2.75) is 77.7 Å². The van der Waals surface area contributed by atoms with Gasteiger partial charge in [-0.05, 0) is 46.6 Å². The molecule has 0 aromatic heterocycles. The Hall–Kier alpha value is -3.22. The van der Waals surface area contributed by atoms with E-state index in [2.05, 4.69) is 38.3 Å². The molecule has 0 radical (unpaired) electrons. The molecular formula is C30H45N3O4. The van der Waals surface area contributed by atoms with E-state index < -0.39 is 0 Å². The number of carbonyl (C=O) groups excluding carboxylic acids is 2. The summed E-state index contributed by atoms with van der Waals surface area (Å²) in [5, 5.41) is 6.08. The summed E-state index contributed by atoms with van der Waals surface area (Å²) in [7, 11) is 6.70. The Balaban J connectivity index is 2.30. The van der Waals surface area contributed by atoms with Crippen LogP contribution in [0.2, 0.25) is 0 Å². The summed E-state index contributed by atoms with van der Waals surface area (Å²) in [4.78, 5) is 26.9. The fourth-order valence-corrected chi connectivity index (χ4v) is 4.38. The van der Waals surface area contributed by atoms with Gasteiger partial charge in [-0.3, -0.25) is 4.79 Å². The highest BCUT2D eigenvalue weighted by atomic mass is 16.5. The first-order valence-corrected chi connectivity index (χ1v) is 13.1. The van der Waals surface area contributed by atoms with E-state index in [9.17, 15) is 9.59 Å². The minimum absolute atomic E-state index is 0.0213. The Kier molecular flexibility index (Phi) is 11.3. The highest BCUT2D eigenvalue weighted by Crippen LogP contribution is 2.36. The van der Waals surface area contributed by atoms with Gasteiger partial charge in [-0.25, -0.2) is 4.79 Å². The van der Waals surface area contributed by atoms with Gasteiger partial charge in [0.25, 0.3) is 0 Å². The van der Waals surface area contributed by atoms with Gasteiger partial charge in [0.05, 0.1) is 14.2 Å². The number of nitrogens with one attached hydrogen (secondary N) is 2. The molecule has 0 saturated carbocycles. The largest absolute Gasteiger partial charge is 0.497 e. The van der Waals surface area contributed by atoms with Gasteiger partial charge in [-0.2, -0.15) is 0 Å². The van der Waals surface area contributed by atoms with Crippen molar-refractivity contribution in [3.8, 4) is 11.5 Å². The van der Waals surface area contributed by atoms with Crippen molar-refractivity contribution in [1.82, 2.24) is 10.2 Å². The fourth-order valence-electron chi connectivity index (χ4n) is 4.38. The van der Waals surface area contributed by atoms with Gasteiger partial charge in [0.1, 0.15) is 11.5 Å². The molecular weight excluding hydrogens is 466 g/mol. The summed E-state index contributed by atoms with van der Waals surface area (Å²) in [6.07, 6.45) is 4.51. The van der Waals surface area contributed by atoms with Crippen molar-refractivity contribution in [1.29, 1.82) is 0 Å². The lowest BCUT2D eigenvalue weighted by molar-refractivity contribution is -0.116. The van der Waals surface area contributed by atoms with Crippen LogP contribution in [0.5, 0.6) is 11.5 Å².